The van der Waals surface area contributed by atoms with Crippen molar-refractivity contribution in [1.29, 1.82) is 0 Å². The average molecular weight is 583 g/mol. The number of ether oxygens (including phenoxy) is 1. The second-order valence-electron chi connectivity index (χ2n) is 9.69. The van der Waals surface area contributed by atoms with Gasteiger partial charge in [-0.2, -0.15) is 0 Å². The van der Waals surface area contributed by atoms with E-state index in [-0.39, 0.29) is 5.91 Å². The van der Waals surface area contributed by atoms with Crippen molar-refractivity contribution in [2.24, 2.45) is 0 Å². The minimum absolute atomic E-state index is 0.00179. The zero-order valence-electron chi connectivity index (χ0n) is 22.3. The van der Waals surface area contributed by atoms with E-state index < -0.39 is 0 Å². The number of hydrogen-bond donors (Lipinski definition) is 0. The standard InChI is InChI=1S/C34H32BrNO3/c1-3-4-13-32-33(28-12-8-9-14-30(28)39-32)34(37)36(22-24-10-6-5-7-11-24)23-25-15-17-26(18-16-25)27-19-20-31(38-2)29(35)21-27/h5-12,14-21H,3-4,13,22-23H2,1-2H3. The Hall–Kier alpha value is -3.83. The first-order valence-electron chi connectivity index (χ1n) is 13.3. The van der Waals surface area contributed by atoms with E-state index in [4.69, 9.17) is 9.15 Å². The molecule has 1 aromatic heterocycles. The van der Waals surface area contributed by atoms with Crippen LogP contribution >= 0.6 is 15.9 Å². The molecule has 4 aromatic carbocycles. The monoisotopic (exact) mass is 581 g/mol. The van der Waals surface area contributed by atoms with E-state index in [1.54, 1.807) is 7.11 Å². The molecule has 0 saturated carbocycles. The van der Waals surface area contributed by atoms with Gasteiger partial charge in [0.25, 0.3) is 5.91 Å². The van der Waals surface area contributed by atoms with Gasteiger partial charge in [0.1, 0.15) is 17.1 Å². The molecular formula is C34H32BrNO3. The maximum Gasteiger partial charge on any atom is 0.258 e. The Morgan fingerprint density at radius 1 is 0.846 bits per heavy atom. The summed E-state index contributed by atoms with van der Waals surface area (Å²) in [6.07, 6.45) is 2.76. The molecule has 0 aliphatic heterocycles. The van der Waals surface area contributed by atoms with Crippen molar-refractivity contribution < 1.29 is 13.9 Å². The number of carbonyl (C=O) groups is 1. The molecule has 0 aliphatic rings. The van der Waals surface area contributed by atoms with Gasteiger partial charge in [-0.25, -0.2) is 0 Å². The molecule has 0 atom stereocenters. The fourth-order valence-electron chi connectivity index (χ4n) is 4.87. The van der Waals surface area contributed by atoms with Crippen LogP contribution in [0, 0.1) is 0 Å². The maximum atomic E-state index is 14.2. The van der Waals surface area contributed by atoms with Crippen molar-refractivity contribution >= 4 is 32.8 Å². The van der Waals surface area contributed by atoms with E-state index in [9.17, 15) is 4.79 Å². The van der Waals surface area contributed by atoms with E-state index in [0.717, 1.165) is 68.5 Å². The molecule has 5 heteroatoms. The van der Waals surface area contributed by atoms with Gasteiger partial charge in [0.15, 0.2) is 0 Å². The van der Waals surface area contributed by atoms with Gasteiger partial charge in [-0.05, 0) is 62.8 Å². The SMILES string of the molecule is CCCCc1oc2ccccc2c1C(=O)N(Cc1ccccc1)Cc1ccc(-c2ccc(OC)c(Br)c2)cc1. The number of halogens is 1. The zero-order chi connectivity index (χ0) is 27.2. The molecule has 1 amide bonds. The van der Waals surface area contributed by atoms with E-state index >= 15 is 0 Å². The van der Waals surface area contributed by atoms with Crippen LogP contribution in [0.2, 0.25) is 0 Å². The quantitative estimate of drug-likeness (QED) is 0.165. The number of aryl methyl sites for hydroxylation is 1. The molecule has 0 fully saturated rings. The van der Waals surface area contributed by atoms with Gasteiger partial charge in [0.2, 0.25) is 0 Å². The van der Waals surface area contributed by atoms with Gasteiger partial charge in [0, 0.05) is 24.9 Å². The Morgan fingerprint density at radius 2 is 1.51 bits per heavy atom. The fraction of sp³-hybridized carbons (Fsp3) is 0.206. The number of hydrogen-bond acceptors (Lipinski definition) is 3. The van der Waals surface area contributed by atoms with Crippen molar-refractivity contribution in [3.63, 3.8) is 0 Å². The van der Waals surface area contributed by atoms with Crippen LogP contribution in [0.1, 0.15) is 47.0 Å². The Labute approximate surface area is 238 Å². The molecule has 0 saturated heterocycles. The van der Waals surface area contributed by atoms with Crippen LogP contribution in [0.4, 0.5) is 0 Å². The van der Waals surface area contributed by atoms with Gasteiger partial charge in [0.05, 0.1) is 17.1 Å². The molecule has 198 valence electrons. The Bertz CT molecular complexity index is 1560. The highest BCUT2D eigenvalue weighted by molar-refractivity contribution is 9.10. The molecule has 5 rings (SSSR count). The van der Waals surface area contributed by atoms with E-state index in [0.29, 0.717) is 18.7 Å². The number of methoxy groups -OCH3 is 1. The lowest BCUT2D eigenvalue weighted by Crippen LogP contribution is -2.30. The molecule has 0 bridgehead atoms. The molecule has 5 aromatic rings. The number of benzene rings is 4. The summed E-state index contributed by atoms with van der Waals surface area (Å²) < 4.78 is 12.5. The number of para-hydroxylation sites is 1. The Morgan fingerprint density at radius 3 is 2.21 bits per heavy atom. The van der Waals surface area contributed by atoms with Crippen LogP contribution < -0.4 is 4.74 Å². The van der Waals surface area contributed by atoms with Crippen molar-refractivity contribution in [3.05, 3.63) is 124 Å². The van der Waals surface area contributed by atoms with Crippen molar-refractivity contribution in [1.82, 2.24) is 4.90 Å². The number of furan rings is 1. The van der Waals surface area contributed by atoms with Crippen LogP contribution in [-0.2, 0) is 19.5 Å². The zero-order valence-corrected chi connectivity index (χ0v) is 23.9. The minimum Gasteiger partial charge on any atom is -0.496 e. The number of amides is 1. The summed E-state index contributed by atoms with van der Waals surface area (Å²) >= 11 is 3.58. The second-order valence-corrected chi connectivity index (χ2v) is 10.5. The first kappa shape index (κ1) is 26.8. The second kappa shape index (κ2) is 12.4. The number of nitrogens with zero attached hydrogens (tertiary/aromatic N) is 1. The third-order valence-corrected chi connectivity index (χ3v) is 7.58. The molecular weight excluding hydrogens is 550 g/mol. The smallest absolute Gasteiger partial charge is 0.258 e. The lowest BCUT2D eigenvalue weighted by atomic mass is 10.0. The minimum atomic E-state index is -0.00179. The third kappa shape index (κ3) is 6.10. The highest BCUT2D eigenvalue weighted by Crippen LogP contribution is 2.32. The number of carbonyl (C=O) groups excluding carboxylic acids is 1. The molecule has 1 heterocycles. The van der Waals surface area contributed by atoms with Crippen LogP contribution in [0.5, 0.6) is 5.75 Å². The maximum absolute atomic E-state index is 14.2. The molecule has 0 radical (unpaired) electrons. The van der Waals surface area contributed by atoms with Crippen molar-refractivity contribution in [3.8, 4) is 16.9 Å². The summed E-state index contributed by atoms with van der Waals surface area (Å²) in [6.45, 7) is 3.16. The van der Waals surface area contributed by atoms with Gasteiger partial charge in [-0.15, -0.1) is 0 Å². The lowest BCUT2D eigenvalue weighted by Gasteiger charge is -2.23. The fourth-order valence-corrected chi connectivity index (χ4v) is 5.42. The van der Waals surface area contributed by atoms with Gasteiger partial charge in [-0.1, -0.05) is 92.2 Å². The summed E-state index contributed by atoms with van der Waals surface area (Å²) in [6, 6.07) is 32.5. The molecule has 0 spiro atoms. The van der Waals surface area contributed by atoms with Gasteiger partial charge in [-0.3, -0.25) is 4.79 Å². The predicted molar refractivity (Wildman–Crippen MR) is 161 cm³/mol. The van der Waals surface area contributed by atoms with Crippen LogP contribution in [0.25, 0.3) is 22.1 Å². The van der Waals surface area contributed by atoms with Gasteiger partial charge < -0.3 is 14.1 Å². The Kier molecular flexibility index (Phi) is 8.48. The summed E-state index contributed by atoms with van der Waals surface area (Å²) in [4.78, 5) is 16.2. The molecule has 4 nitrogen and oxygen atoms in total. The molecule has 39 heavy (non-hydrogen) atoms. The van der Waals surface area contributed by atoms with E-state index in [2.05, 4.69) is 65.3 Å². The summed E-state index contributed by atoms with van der Waals surface area (Å²) in [5.74, 6) is 1.58. The predicted octanol–water partition coefficient (Wildman–Crippen LogP) is 9.06. The largest absolute Gasteiger partial charge is 0.496 e. The highest BCUT2D eigenvalue weighted by atomic mass is 79.9. The van der Waals surface area contributed by atoms with Crippen LogP contribution in [0.15, 0.2) is 106 Å². The van der Waals surface area contributed by atoms with E-state index in [1.165, 1.54) is 0 Å². The summed E-state index contributed by atoms with van der Waals surface area (Å²) in [5.41, 5.74) is 5.81. The molecule has 0 unspecified atom stereocenters. The molecule has 0 aliphatic carbocycles. The molecule has 0 N–H and O–H groups in total. The van der Waals surface area contributed by atoms with Crippen LogP contribution in [0.3, 0.4) is 0 Å². The first-order chi connectivity index (χ1) is 19.1. The number of unbranched alkanes of at least 4 members (excludes halogenated alkanes) is 1. The average Bonchev–Trinajstić information content (AvgIpc) is 3.34. The summed E-state index contributed by atoms with van der Waals surface area (Å²) in [7, 11) is 1.66. The third-order valence-electron chi connectivity index (χ3n) is 6.96. The normalized spacial score (nSPS) is 11.1. The Balaban J connectivity index is 1.47. The lowest BCUT2D eigenvalue weighted by molar-refractivity contribution is 0.0729. The first-order valence-corrected chi connectivity index (χ1v) is 14.1. The number of rotatable bonds is 10. The van der Waals surface area contributed by atoms with Crippen molar-refractivity contribution in [2.75, 3.05) is 7.11 Å². The van der Waals surface area contributed by atoms with E-state index in [1.807, 2.05) is 59.5 Å². The van der Waals surface area contributed by atoms with Crippen LogP contribution in [-0.4, -0.2) is 17.9 Å². The summed E-state index contributed by atoms with van der Waals surface area (Å²) in [5, 5.41) is 0.882. The van der Waals surface area contributed by atoms with Crippen molar-refractivity contribution in [2.45, 2.75) is 39.3 Å². The topological polar surface area (TPSA) is 42.7 Å². The number of fused-ring (bicyclic) bond motifs is 1. The highest BCUT2D eigenvalue weighted by Gasteiger charge is 2.25. The van der Waals surface area contributed by atoms with Gasteiger partial charge >= 0.3 is 0 Å².